The number of benzene rings is 1. The van der Waals surface area contributed by atoms with Crippen LogP contribution in [0.25, 0.3) is 0 Å². The van der Waals surface area contributed by atoms with Gasteiger partial charge in [0.15, 0.2) is 0 Å². The van der Waals surface area contributed by atoms with Crippen molar-refractivity contribution in [3.05, 3.63) is 47.5 Å². The lowest BCUT2D eigenvalue weighted by molar-refractivity contribution is 0.556. The van der Waals surface area contributed by atoms with Crippen LogP contribution < -0.4 is 10.5 Å². The highest BCUT2D eigenvalue weighted by Gasteiger charge is 2.18. The molecule has 0 aliphatic rings. The first kappa shape index (κ1) is 15.6. The van der Waals surface area contributed by atoms with Crippen LogP contribution in [0.4, 0.5) is 4.39 Å². The summed E-state index contributed by atoms with van der Waals surface area (Å²) in [5.41, 5.74) is 6.69. The van der Waals surface area contributed by atoms with Gasteiger partial charge in [-0.1, -0.05) is 6.07 Å². The van der Waals surface area contributed by atoms with Gasteiger partial charge in [-0.3, -0.25) is 4.68 Å². The van der Waals surface area contributed by atoms with E-state index in [1.165, 1.54) is 12.1 Å². The number of aromatic nitrogens is 2. The summed E-state index contributed by atoms with van der Waals surface area (Å²) in [6, 6.07) is 5.65. The highest BCUT2D eigenvalue weighted by atomic mass is 32.2. The summed E-state index contributed by atoms with van der Waals surface area (Å²) in [5.74, 6) is -0.803. The number of hydrogen-bond donors (Lipinski definition) is 2. The van der Waals surface area contributed by atoms with E-state index in [2.05, 4.69) is 9.82 Å². The summed E-state index contributed by atoms with van der Waals surface area (Å²) < 4.78 is 41.9. The minimum absolute atomic E-state index is 0.150. The van der Waals surface area contributed by atoms with Crippen LogP contribution in [-0.4, -0.2) is 24.7 Å². The average molecular weight is 312 g/mol. The highest BCUT2D eigenvalue weighted by Crippen LogP contribution is 2.15. The second-order valence-electron chi connectivity index (χ2n) is 4.60. The van der Waals surface area contributed by atoms with Crippen LogP contribution in [0.3, 0.4) is 0 Å². The third-order valence-corrected chi connectivity index (χ3v) is 4.46. The maximum atomic E-state index is 13.8. The molecule has 1 aromatic heterocycles. The second kappa shape index (κ2) is 6.33. The summed E-state index contributed by atoms with van der Waals surface area (Å²) >= 11 is 0. The van der Waals surface area contributed by atoms with Crippen LogP contribution in [0.2, 0.25) is 0 Å². The Balaban J connectivity index is 2.04. The lowest BCUT2D eigenvalue weighted by Crippen LogP contribution is -2.27. The van der Waals surface area contributed by atoms with Crippen LogP contribution >= 0.6 is 0 Å². The molecule has 0 unspecified atom stereocenters. The molecule has 0 fully saturated rings. The normalized spacial score (nSPS) is 11.8. The number of sulfonamides is 1. The predicted molar refractivity (Wildman–Crippen MR) is 76.4 cm³/mol. The van der Waals surface area contributed by atoms with E-state index in [-0.39, 0.29) is 18.0 Å². The third kappa shape index (κ3) is 3.87. The Morgan fingerprint density at radius 3 is 2.71 bits per heavy atom. The van der Waals surface area contributed by atoms with Crippen LogP contribution in [0, 0.1) is 5.82 Å². The molecule has 0 atom stereocenters. The van der Waals surface area contributed by atoms with E-state index in [9.17, 15) is 12.8 Å². The fourth-order valence-corrected chi connectivity index (χ4v) is 2.97. The molecule has 0 aliphatic heterocycles. The molecule has 0 saturated carbocycles. The molecule has 21 heavy (non-hydrogen) atoms. The number of nitrogens with zero attached hydrogens (tertiary/aromatic N) is 2. The van der Waals surface area contributed by atoms with E-state index >= 15 is 0 Å². The lowest BCUT2D eigenvalue weighted by Gasteiger charge is -2.08. The van der Waals surface area contributed by atoms with Crippen molar-refractivity contribution in [2.24, 2.45) is 12.8 Å². The minimum Gasteiger partial charge on any atom is -0.326 e. The number of nitrogens with two attached hydrogens (primary N) is 1. The zero-order valence-electron chi connectivity index (χ0n) is 11.6. The zero-order valence-corrected chi connectivity index (χ0v) is 12.4. The van der Waals surface area contributed by atoms with E-state index < -0.39 is 15.8 Å². The molecule has 0 saturated heterocycles. The van der Waals surface area contributed by atoms with Gasteiger partial charge in [-0.25, -0.2) is 17.5 Å². The SMILES string of the molecule is Cn1ccc(CCNS(=O)(=O)c2ccc(CN)cc2F)n1. The Labute approximate surface area is 122 Å². The Morgan fingerprint density at radius 1 is 1.38 bits per heavy atom. The molecule has 0 aliphatic carbocycles. The first-order valence-corrected chi connectivity index (χ1v) is 7.87. The zero-order chi connectivity index (χ0) is 15.5. The quantitative estimate of drug-likeness (QED) is 0.814. The van der Waals surface area contributed by atoms with Gasteiger partial charge >= 0.3 is 0 Å². The Kier molecular flexibility index (Phi) is 4.71. The number of aryl methyl sites for hydroxylation is 1. The Morgan fingerprint density at radius 2 is 2.14 bits per heavy atom. The van der Waals surface area contributed by atoms with E-state index in [0.29, 0.717) is 12.0 Å². The van der Waals surface area contributed by atoms with Crippen molar-refractivity contribution >= 4 is 10.0 Å². The molecule has 6 nitrogen and oxygen atoms in total. The highest BCUT2D eigenvalue weighted by molar-refractivity contribution is 7.89. The van der Waals surface area contributed by atoms with Gasteiger partial charge in [-0.15, -0.1) is 0 Å². The molecule has 3 N–H and O–H groups in total. The van der Waals surface area contributed by atoms with Crippen molar-refractivity contribution in [1.29, 1.82) is 0 Å². The average Bonchev–Trinajstić information content (AvgIpc) is 2.83. The lowest BCUT2D eigenvalue weighted by atomic mass is 10.2. The van der Waals surface area contributed by atoms with Crippen molar-refractivity contribution in [3.63, 3.8) is 0 Å². The Bertz CT molecular complexity index is 728. The van der Waals surface area contributed by atoms with Crippen LogP contribution in [0.15, 0.2) is 35.4 Å². The summed E-state index contributed by atoms with van der Waals surface area (Å²) in [6.45, 7) is 0.307. The van der Waals surface area contributed by atoms with Gasteiger partial charge in [-0.05, 0) is 23.8 Å². The largest absolute Gasteiger partial charge is 0.326 e. The van der Waals surface area contributed by atoms with Crippen molar-refractivity contribution in [3.8, 4) is 0 Å². The maximum Gasteiger partial charge on any atom is 0.243 e. The number of rotatable bonds is 6. The number of nitrogens with one attached hydrogen (secondary N) is 1. The first-order valence-electron chi connectivity index (χ1n) is 6.39. The van der Waals surface area contributed by atoms with E-state index in [1.54, 1.807) is 24.0 Å². The standard InChI is InChI=1S/C13H17FN4O2S/c1-18-7-5-11(17-18)4-6-16-21(19,20)13-3-2-10(9-15)8-12(13)14/h2-3,5,7-8,16H,4,6,9,15H2,1H3. The van der Waals surface area contributed by atoms with Crippen molar-refractivity contribution < 1.29 is 12.8 Å². The Hall–Kier alpha value is -1.77. The van der Waals surface area contributed by atoms with Crippen molar-refractivity contribution in [1.82, 2.24) is 14.5 Å². The van der Waals surface area contributed by atoms with Gasteiger partial charge in [0.25, 0.3) is 0 Å². The van der Waals surface area contributed by atoms with E-state index in [0.717, 1.165) is 11.8 Å². The van der Waals surface area contributed by atoms with Gasteiger partial charge in [0.2, 0.25) is 10.0 Å². The number of halogens is 1. The fraction of sp³-hybridized carbons (Fsp3) is 0.308. The van der Waals surface area contributed by atoms with Crippen molar-refractivity contribution in [2.75, 3.05) is 6.54 Å². The van der Waals surface area contributed by atoms with E-state index in [4.69, 9.17) is 5.73 Å². The van der Waals surface area contributed by atoms with Crippen LogP contribution in [0.5, 0.6) is 0 Å². The van der Waals surface area contributed by atoms with Gasteiger partial charge in [-0.2, -0.15) is 5.10 Å². The summed E-state index contributed by atoms with van der Waals surface area (Å²) in [6.07, 6.45) is 2.21. The van der Waals surface area contributed by atoms with Gasteiger partial charge in [0.05, 0.1) is 5.69 Å². The number of hydrogen-bond acceptors (Lipinski definition) is 4. The second-order valence-corrected chi connectivity index (χ2v) is 6.33. The topological polar surface area (TPSA) is 90.0 Å². The van der Waals surface area contributed by atoms with E-state index in [1.807, 2.05) is 0 Å². The van der Waals surface area contributed by atoms with Gasteiger partial charge in [0, 0.05) is 32.8 Å². The van der Waals surface area contributed by atoms with Crippen LogP contribution in [0.1, 0.15) is 11.3 Å². The molecule has 1 heterocycles. The molecular formula is C13H17FN4O2S. The third-order valence-electron chi connectivity index (χ3n) is 2.96. The minimum atomic E-state index is -3.88. The van der Waals surface area contributed by atoms with Crippen molar-refractivity contribution in [2.45, 2.75) is 17.9 Å². The van der Waals surface area contributed by atoms with Gasteiger partial charge < -0.3 is 5.73 Å². The monoisotopic (exact) mass is 312 g/mol. The fourth-order valence-electron chi connectivity index (χ4n) is 1.88. The molecule has 0 amide bonds. The smallest absolute Gasteiger partial charge is 0.243 e. The molecule has 114 valence electrons. The molecular weight excluding hydrogens is 295 g/mol. The molecule has 2 rings (SSSR count). The molecule has 2 aromatic rings. The molecule has 0 spiro atoms. The molecule has 8 heteroatoms. The maximum absolute atomic E-state index is 13.8. The molecule has 0 radical (unpaired) electrons. The van der Waals surface area contributed by atoms with Crippen LogP contribution in [-0.2, 0) is 30.0 Å². The summed E-state index contributed by atoms with van der Waals surface area (Å²) in [5, 5.41) is 4.14. The predicted octanol–water partition coefficient (Wildman–Crippen LogP) is 0.539. The van der Waals surface area contributed by atoms with Gasteiger partial charge in [0.1, 0.15) is 10.7 Å². The summed E-state index contributed by atoms with van der Waals surface area (Å²) in [7, 11) is -2.10. The molecule has 1 aromatic carbocycles. The summed E-state index contributed by atoms with van der Waals surface area (Å²) in [4.78, 5) is -0.374. The molecule has 0 bridgehead atoms. The first-order chi connectivity index (χ1) is 9.92.